The van der Waals surface area contributed by atoms with Gasteiger partial charge < -0.3 is 19.9 Å². The summed E-state index contributed by atoms with van der Waals surface area (Å²) < 4.78 is 1.85. The predicted molar refractivity (Wildman–Crippen MR) is 117 cm³/mol. The molecule has 0 saturated carbocycles. The molecule has 0 spiro atoms. The average molecular weight is 411 g/mol. The van der Waals surface area contributed by atoms with Crippen molar-refractivity contribution in [2.45, 2.75) is 47.1 Å². The van der Waals surface area contributed by atoms with Crippen LogP contribution in [0.4, 0.5) is 5.82 Å². The van der Waals surface area contributed by atoms with Gasteiger partial charge in [-0.1, -0.05) is 27.7 Å². The van der Waals surface area contributed by atoms with Crippen LogP contribution in [0.2, 0.25) is 0 Å². The third-order valence-electron chi connectivity index (χ3n) is 4.65. The Morgan fingerprint density at radius 3 is 2.27 bits per heavy atom. The van der Waals surface area contributed by atoms with Crippen LogP contribution in [0.1, 0.15) is 40.5 Å². The van der Waals surface area contributed by atoms with Crippen molar-refractivity contribution in [1.82, 2.24) is 39.5 Å². The normalized spacial score (nSPS) is 11.3. The zero-order valence-electron chi connectivity index (χ0n) is 18.0. The minimum Gasteiger partial charge on any atom is -0.368 e. The first-order valence-corrected chi connectivity index (χ1v) is 10.3. The van der Waals surface area contributed by atoms with Crippen LogP contribution in [0.5, 0.6) is 0 Å². The predicted octanol–water partition coefficient (Wildman–Crippen LogP) is 3.10. The van der Waals surface area contributed by atoms with E-state index in [2.05, 4.69) is 67.9 Å². The molecule has 0 amide bonds. The lowest BCUT2D eigenvalue weighted by Crippen LogP contribution is -2.21. The summed E-state index contributed by atoms with van der Waals surface area (Å²) in [4.78, 5) is 26.5. The summed E-state index contributed by atoms with van der Waals surface area (Å²) in [5.74, 6) is 2.16. The molecule has 4 rings (SSSR count). The van der Waals surface area contributed by atoms with E-state index in [1.165, 1.54) is 6.33 Å². The maximum absolute atomic E-state index is 7.95. The number of fused-ring (bicyclic) bond motifs is 2. The van der Waals surface area contributed by atoms with Crippen LogP contribution in [0.3, 0.4) is 0 Å². The molecule has 0 aliphatic rings. The van der Waals surface area contributed by atoms with E-state index in [1.807, 2.05) is 4.57 Å². The van der Waals surface area contributed by atoms with Crippen LogP contribution in [0, 0.1) is 17.2 Å². The van der Waals surface area contributed by atoms with Crippen LogP contribution in [0.15, 0.2) is 25.3 Å². The molecule has 0 bridgehead atoms. The Morgan fingerprint density at radius 1 is 0.900 bits per heavy atom. The van der Waals surface area contributed by atoms with Crippen molar-refractivity contribution in [3.63, 3.8) is 0 Å². The fraction of sp³-hybridized carbons (Fsp3) is 0.500. The van der Waals surface area contributed by atoms with Gasteiger partial charge in [0.1, 0.15) is 17.4 Å². The van der Waals surface area contributed by atoms with Crippen molar-refractivity contribution >= 4 is 28.1 Å². The molecule has 10 heteroatoms. The highest BCUT2D eigenvalue weighted by atomic mass is 15.1. The summed E-state index contributed by atoms with van der Waals surface area (Å²) in [6.07, 6.45) is 8.60. The first-order chi connectivity index (χ1) is 14.5. The Labute approximate surface area is 175 Å². The van der Waals surface area contributed by atoms with Crippen LogP contribution in [-0.2, 0) is 6.54 Å². The van der Waals surface area contributed by atoms with Crippen molar-refractivity contribution in [1.29, 1.82) is 5.41 Å². The lowest BCUT2D eigenvalue weighted by Gasteiger charge is -2.07. The Balaban J connectivity index is 0.000000171. The molecule has 30 heavy (non-hydrogen) atoms. The van der Waals surface area contributed by atoms with Crippen LogP contribution >= 0.6 is 0 Å². The van der Waals surface area contributed by atoms with Crippen LogP contribution in [0.25, 0.3) is 22.3 Å². The molecule has 10 nitrogen and oxygen atoms in total. The molecule has 0 radical (unpaired) electrons. The fourth-order valence-corrected chi connectivity index (χ4v) is 2.83. The van der Waals surface area contributed by atoms with E-state index >= 15 is 0 Å². The van der Waals surface area contributed by atoms with Gasteiger partial charge in [0.05, 0.1) is 19.0 Å². The van der Waals surface area contributed by atoms with E-state index in [0.29, 0.717) is 34.1 Å². The number of H-pyrrole nitrogens is 2. The SMILES string of the molecule is CC(C)CCNc1ncnc2nc[nH]c12.CC(C)CCn1cnc2nc[nH]c2c1=N. The summed E-state index contributed by atoms with van der Waals surface area (Å²) in [6, 6.07) is 0. The number of nitrogens with one attached hydrogen (secondary N) is 4. The molecule has 4 aromatic rings. The van der Waals surface area contributed by atoms with E-state index in [9.17, 15) is 0 Å². The van der Waals surface area contributed by atoms with Gasteiger partial charge in [-0.2, -0.15) is 0 Å². The summed E-state index contributed by atoms with van der Waals surface area (Å²) >= 11 is 0. The molecular weight excluding hydrogens is 380 g/mol. The Kier molecular flexibility index (Phi) is 7.10. The lowest BCUT2D eigenvalue weighted by atomic mass is 10.1. The van der Waals surface area contributed by atoms with Crippen molar-refractivity contribution in [3.8, 4) is 0 Å². The van der Waals surface area contributed by atoms with Gasteiger partial charge in [-0.3, -0.25) is 5.41 Å². The highest BCUT2D eigenvalue weighted by Crippen LogP contribution is 2.14. The summed E-state index contributed by atoms with van der Waals surface area (Å²) in [6.45, 7) is 10.5. The van der Waals surface area contributed by atoms with E-state index in [-0.39, 0.29) is 0 Å². The van der Waals surface area contributed by atoms with Gasteiger partial charge in [0.25, 0.3) is 0 Å². The van der Waals surface area contributed by atoms with Crippen molar-refractivity contribution in [2.75, 3.05) is 11.9 Å². The minimum absolute atomic E-state index is 0.457. The monoisotopic (exact) mass is 410 g/mol. The van der Waals surface area contributed by atoms with Crippen molar-refractivity contribution < 1.29 is 0 Å². The topological polar surface area (TPSA) is 137 Å². The summed E-state index contributed by atoms with van der Waals surface area (Å²) in [5, 5.41) is 11.2. The van der Waals surface area contributed by atoms with Gasteiger partial charge in [-0.05, 0) is 24.7 Å². The van der Waals surface area contributed by atoms with Crippen LogP contribution < -0.4 is 10.8 Å². The third kappa shape index (κ3) is 5.40. The first-order valence-electron chi connectivity index (χ1n) is 10.3. The minimum atomic E-state index is 0.457. The Morgan fingerprint density at radius 2 is 1.57 bits per heavy atom. The maximum atomic E-state index is 7.95. The number of imidazole rings is 2. The number of aryl methyl sites for hydroxylation is 1. The van der Waals surface area contributed by atoms with Crippen molar-refractivity contribution in [3.05, 3.63) is 30.8 Å². The molecule has 160 valence electrons. The molecular formula is C20H30N10. The van der Waals surface area contributed by atoms with Gasteiger partial charge in [0, 0.05) is 13.1 Å². The third-order valence-corrected chi connectivity index (χ3v) is 4.65. The van der Waals surface area contributed by atoms with E-state index < -0.39 is 0 Å². The summed E-state index contributed by atoms with van der Waals surface area (Å²) in [5.41, 5.74) is 3.36. The second-order valence-electron chi connectivity index (χ2n) is 8.00. The van der Waals surface area contributed by atoms with E-state index in [0.717, 1.165) is 37.3 Å². The van der Waals surface area contributed by atoms with E-state index in [4.69, 9.17) is 5.41 Å². The van der Waals surface area contributed by atoms with Crippen LogP contribution in [-0.4, -0.2) is 46.0 Å². The molecule has 4 aromatic heterocycles. The second kappa shape index (κ2) is 9.95. The Hall–Kier alpha value is -3.30. The quantitative estimate of drug-likeness (QED) is 0.369. The highest BCUT2D eigenvalue weighted by molar-refractivity contribution is 5.81. The fourth-order valence-electron chi connectivity index (χ4n) is 2.83. The number of hydrogen-bond donors (Lipinski definition) is 4. The van der Waals surface area contributed by atoms with Gasteiger partial charge in [-0.25, -0.2) is 24.9 Å². The van der Waals surface area contributed by atoms with Gasteiger partial charge in [0.15, 0.2) is 22.6 Å². The number of nitrogens with zero attached hydrogens (tertiary/aromatic N) is 6. The smallest absolute Gasteiger partial charge is 0.182 e. The largest absolute Gasteiger partial charge is 0.368 e. The first kappa shape index (κ1) is 21.4. The standard InChI is InChI=1S/2C10H15N5/c1-7(2)3-4-15-6-14-10-8(9(15)11)12-5-13-10;1-7(2)3-4-11-9-8-10(13-5-12-8)15-6-14-9/h5-7,11H,3-4H2,1-2H3,(H,12,13);5-7H,3-4H2,1-2H3,(H2,11,12,13,14,15). The maximum Gasteiger partial charge on any atom is 0.182 e. The molecule has 4 heterocycles. The number of aromatic amines is 2. The van der Waals surface area contributed by atoms with Gasteiger partial charge in [0.2, 0.25) is 0 Å². The number of rotatable bonds is 7. The lowest BCUT2D eigenvalue weighted by molar-refractivity contribution is 0.501. The average Bonchev–Trinajstić information content (AvgIpc) is 3.37. The Bertz CT molecular complexity index is 1120. The molecule has 0 aromatic carbocycles. The molecule has 0 aliphatic carbocycles. The molecule has 0 atom stereocenters. The highest BCUT2D eigenvalue weighted by Gasteiger charge is 2.05. The molecule has 0 unspecified atom stereocenters. The molecule has 0 saturated heterocycles. The summed E-state index contributed by atoms with van der Waals surface area (Å²) in [7, 11) is 0. The molecule has 4 N–H and O–H groups in total. The van der Waals surface area contributed by atoms with E-state index in [1.54, 1.807) is 19.0 Å². The van der Waals surface area contributed by atoms with Crippen molar-refractivity contribution in [2.24, 2.45) is 11.8 Å². The number of anilines is 1. The number of hydrogen-bond acceptors (Lipinski definition) is 7. The van der Waals surface area contributed by atoms with Gasteiger partial charge >= 0.3 is 0 Å². The number of aromatic nitrogens is 8. The van der Waals surface area contributed by atoms with Gasteiger partial charge in [-0.15, -0.1) is 0 Å². The molecule has 0 aliphatic heterocycles. The molecule has 0 fully saturated rings. The zero-order chi connectivity index (χ0) is 21.5. The zero-order valence-corrected chi connectivity index (χ0v) is 18.0. The second-order valence-corrected chi connectivity index (χ2v) is 8.00.